The maximum atomic E-state index is 11.1. The van der Waals surface area contributed by atoms with Crippen molar-refractivity contribution in [3.05, 3.63) is 65.2 Å². The van der Waals surface area contributed by atoms with Gasteiger partial charge in [0.15, 0.2) is 0 Å². The zero-order valence-electron chi connectivity index (χ0n) is 10.8. The number of rotatable bonds is 5. The maximum Gasteiger partial charge on any atom is 0.335 e. The molecule has 0 heterocycles. The van der Waals surface area contributed by atoms with Crippen molar-refractivity contribution >= 4 is 11.7 Å². The summed E-state index contributed by atoms with van der Waals surface area (Å²) in [5.41, 5.74) is 2.68. The van der Waals surface area contributed by atoms with Gasteiger partial charge in [-0.3, -0.25) is 0 Å². The van der Waals surface area contributed by atoms with Crippen LogP contribution in [0.3, 0.4) is 0 Å². The van der Waals surface area contributed by atoms with E-state index in [0.717, 1.165) is 11.3 Å². The molecular formula is C16H14N2O2. The second-order valence-electron chi connectivity index (χ2n) is 4.33. The molecule has 4 heteroatoms. The first-order valence-corrected chi connectivity index (χ1v) is 6.26. The molecule has 0 spiro atoms. The number of nitriles is 1. The van der Waals surface area contributed by atoms with Gasteiger partial charge in [0.05, 0.1) is 17.2 Å². The lowest BCUT2D eigenvalue weighted by Crippen LogP contribution is -2.09. The Morgan fingerprint density at radius 3 is 2.50 bits per heavy atom. The monoisotopic (exact) mass is 266 g/mol. The normalized spacial score (nSPS) is 9.75. The molecule has 0 saturated carbocycles. The van der Waals surface area contributed by atoms with Gasteiger partial charge in [-0.1, -0.05) is 18.2 Å². The summed E-state index contributed by atoms with van der Waals surface area (Å²) in [5.74, 6) is -0.904. The maximum absolute atomic E-state index is 11.1. The lowest BCUT2D eigenvalue weighted by Gasteiger charge is -2.08. The predicted molar refractivity (Wildman–Crippen MR) is 76.8 cm³/mol. The number of carboxylic acids is 1. The summed E-state index contributed by atoms with van der Waals surface area (Å²) in [4.78, 5) is 11.1. The fourth-order valence-corrected chi connectivity index (χ4v) is 1.95. The van der Waals surface area contributed by atoms with Crippen LogP contribution in [-0.2, 0) is 6.42 Å². The molecule has 0 aromatic heterocycles. The van der Waals surface area contributed by atoms with E-state index in [0.29, 0.717) is 24.1 Å². The Kier molecular flexibility index (Phi) is 4.35. The first-order chi connectivity index (χ1) is 9.70. The van der Waals surface area contributed by atoms with Crippen LogP contribution in [0.15, 0.2) is 48.5 Å². The number of hydrogen-bond donors (Lipinski definition) is 2. The van der Waals surface area contributed by atoms with E-state index in [4.69, 9.17) is 10.4 Å². The smallest absolute Gasteiger partial charge is 0.335 e. The summed E-state index contributed by atoms with van der Waals surface area (Å²) >= 11 is 0. The van der Waals surface area contributed by atoms with E-state index < -0.39 is 5.97 Å². The Bertz CT molecular complexity index is 642. The number of hydrogen-bond acceptors (Lipinski definition) is 3. The van der Waals surface area contributed by atoms with E-state index in [2.05, 4.69) is 11.4 Å². The van der Waals surface area contributed by atoms with Gasteiger partial charge < -0.3 is 10.4 Å². The van der Waals surface area contributed by atoms with Crippen LogP contribution in [0, 0.1) is 11.3 Å². The molecule has 0 bridgehead atoms. The molecule has 0 aliphatic rings. The Balaban J connectivity index is 1.96. The molecule has 0 aliphatic heterocycles. The van der Waals surface area contributed by atoms with Crippen molar-refractivity contribution < 1.29 is 9.90 Å². The molecule has 2 rings (SSSR count). The van der Waals surface area contributed by atoms with Crippen molar-refractivity contribution in [2.24, 2.45) is 0 Å². The average molecular weight is 266 g/mol. The molecule has 20 heavy (non-hydrogen) atoms. The number of aromatic carboxylic acids is 1. The molecular weight excluding hydrogens is 252 g/mol. The van der Waals surface area contributed by atoms with Crippen LogP contribution in [0.25, 0.3) is 0 Å². The Labute approximate surface area is 117 Å². The standard InChI is InChI=1S/C16H14N2O2/c17-11-12-5-7-14(8-6-12)18-10-9-13-3-1-2-4-15(13)16(19)20/h1-8,18H,9-10H2,(H,19,20). The zero-order chi connectivity index (χ0) is 14.4. The number of benzene rings is 2. The molecule has 2 N–H and O–H groups in total. The van der Waals surface area contributed by atoms with Gasteiger partial charge in [-0.15, -0.1) is 0 Å². The first kappa shape index (κ1) is 13.6. The molecule has 0 amide bonds. The molecule has 0 unspecified atom stereocenters. The van der Waals surface area contributed by atoms with Gasteiger partial charge in [-0.25, -0.2) is 4.79 Å². The predicted octanol–water partition coefficient (Wildman–Crippen LogP) is 2.91. The summed E-state index contributed by atoms with van der Waals surface area (Å²) in [6.07, 6.45) is 0.627. The second kappa shape index (κ2) is 6.39. The third kappa shape index (κ3) is 3.36. The summed E-state index contributed by atoms with van der Waals surface area (Å²) in [5, 5.41) is 21.0. The van der Waals surface area contributed by atoms with Crippen LogP contribution < -0.4 is 5.32 Å². The largest absolute Gasteiger partial charge is 0.478 e. The van der Waals surface area contributed by atoms with Crippen LogP contribution >= 0.6 is 0 Å². The summed E-state index contributed by atoms with van der Waals surface area (Å²) in [7, 11) is 0. The Morgan fingerprint density at radius 1 is 1.15 bits per heavy atom. The van der Waals surface area contributed by atoms with E-state index >= 15 is 0 Å². The molecule has 0 atom stereocenters. The van der Waals surface area contributed by atoms with Gasteiger partial charge in [0, 0.05) is 12.2 Å². The van der Waals surface area contributed by atoms with Crippen LogP contribution in [0.5, 0.6) is 0 Å². The SMILES string of the molecule is N#Cc1ccc(NCCc2ccccc2C(=O)O)cc1. The van der Waals surface area contributed by atoms with Crippen molar-refractivity contribution in [2.75, 3.05) is 11.9 Å². The lowest BCUT2D eigenvalue weighted by molar-refractivity contribution is 0.0695. The average Bonchev–Trinajstić information content (AvgIpc) is 2.48. The molecule has 2 aromatic carbocycles. The van der Waals surface area contributed by atoms with Crippen LogP contribution in [-0.4, -0.2) is 17.6 Å². The third-order valence-corrected chi connectivity index (χ3v) is 2.99. The molecule has 0 fully saturated rings. The van der Waals surface area contributed by atoms with Crippen molar-refractivity contribution in [1.29, 1.82) is 5.26 Å². The van der Waals surface area contributed by atoms with Crippen molar-refractivity contribution in [2.45, 2.75) is 6.42 Å². The Hall–Kier alpha value is -2.80. The molecule has 2 aromatic rings. The minimum Gasteiger partial charge on any atom is -0.478 e. The van der Waals surface area contributed by atoms with Crippen molar-refractivity contribution in [1.82, 2.24) is 0 Å². The topological polar surface area (TPSA) is 73.1 Å². The van der Waals surface area contributed by atoms with Gasteiger partial charge in [-0.2, -0.15) is 5.26 Å². The van der Waals surface area contributed by atoms with Crippen molar-refractivity contribution in [3.8, 4) is 6.07 Å². The number of carbonyl (C=O) groups is 1. The highest BCUT2D eigenvalue weighted by Gasteiger charge is 2.08. The summed E-state index contributed by atoms with van der Waals surface area (Å²) < 4.78 is 0. The van der Waals surface area contributed by atoms with Gasteiger partial charge >= 0.3 is 5.97 Å². The molecule has 0 saturated heterocycles. The number of nitrogens with one attached hydrogen (secondary N) is 1. The minimum absolute atomic E-state index is 0.342. The quantitative estimate of drug-likeness (QED) is 0.872. The highest BCUT2D eigenvalue weighted by molar-refractivity contribution is 5.89. The Morgan fingerprint density at radius 2 is 1.85 bits per heavy atom. The van der Waals surface area contributed by atoms with Crippen LogP contribution in [0.2, 0.25) is 0 Å². The van der Waals surface area contributed by atoms with Gasteiger partial charge in [0.2, 0.25) is 0 Å². The highest BCUT2D eigenvalue weighted by atomic mass is 16.4. The van der Waals surface area contributed by atoms with E-state index in [1.54, 1.807) is 24.3 Å². The highest BCUT2D eigenvalue weighted by Crippen LogP contribution is 2.12. The van der Waals surface area contributed by atoms with E-state index in [1.165, 1.54) is 0 Å². The van der Waals surface area contributed by atoms with Crippen LogP contribution in [0.4, 0.5) is 5.69 Å². The number of carboxylic acid groups (broad SMARTS) is 1. The molecule has 0 aliphatic carbocycles. The summed E-state index contributed by atoms with van der Waals surface area (Å²) in [6, 6.07) is 16.2. The fraction of sp³-hybridized carbons (Fsp3) is 0.125. The summed E-state index contributed by atoms with van der Waals surface area (Å²) in [6.45, 7) is 0.635. The lowest BCUT2D eigenvalue weighted by atomic mass is 10.0. The van der Waals surface area contributed by atoms with Crippen LogP contribution in [0.1, 0.15) is 21.5 Å². The van der Waals surface area contributed by atoms with E-state index in [1.807, 2.05) is 24.3 Å². The van der Waals surface area contributed by atoms with Gasteiger partial charge in [-0.05, 0) is 42.3 Å². The number of anilines is 1. The fourth-order valence-electron chi connectivity index (χ4n) is 1.95. The molecule has 4 nitrogen and oxygen atoms in total. The minimum atomic E-state index is -0.904. The number of nitrogens with zero attached hydrogens (tertiary/aromatic N) is 1. The molecule has 100 valence electrons. The third-order valence-electron chi connectivity index (χ3n) is 2.99. The second-order valence-corrected chi connectivity index (χ2v) is 4.33. The zero-order valence-corrected chi connectivity index (χ0v) is 10.8. The van der Waals surface area contributed by atoms with E-state index in [9.17, 15) is 4.79 Å². The first-order valence-electron chi connectivity index (χ1n) is 6.26. The van der Waals surface area contributed by atoms with Gasteiger partial charge in [0.1, 0.15) is 0 Å². The van der Waals surface area contributed by atoms with E-state index in [-0.39, 0.29) is 0 Å². The van der Waals surface area contributed by atoms with Crippen molar-refractivity contribution in [3.63, 3.8) is 0 Å². The molecule has 0 radical (unpaired) electrons. The van der Waals surface area contributed by atoms with Gasteiger partial charge in [0.25, 0.3) is 0 Å².